The van der Waals surface area contributed by atoms with Crippen LogP contribution in [0.4, 0.5) is 5.69 Å². The average molecular weight is 251 g/mol. The van der Waals surface area contributed by atoms with E-state index in [1.807, 2.05) is 6.92 Å². The van der Waals surface area contributed by atoms with E-state index in [0.29, 0.717) is 22.7 Å². The number of amides is 1. The molecule has 0 saturated carbocycles. The summed E-state index contributed by atoms with van der Waals surface area (Å²) < 4.78 is 0. The van der Waals surface area contributed by atoms with E-state index in [9.17, 15) is 4.79 Å². The number of nitrogens with two attached hydrogens (primary N) is 1. The number of benzene rings is 1. The number of carbonyl (C=O) groups excluding carboxylic acids is 1. The van der Waals surface area contributed by atoms with Gasteiger partial charge >= 0.3 is 0 Å². The van der Waals surface area contributed by atoms with Crippen LogP contribution in [0.3, 0.4) is 0 Å². The van der Waals surface area contributed by atoms with Crippen molar-refractivity contribution in [3.05, 3.63) is 28.8 Å². The van der Waals surface area contributed by atoms with Gasteiger partial charge in [0.05, 0.1) is 10.7 Å². The Kier molecular flexibility index (Phi) is 4.86. The number of nitrogens with one attached hydrogen (secondary N) is 1. The third-order valence-corrected chi connectivity index (χ3v) is 2.79. The maximum absolute atomic E-state index is 11.9. The molecule has 0 aromatic heterocycles. The van der Waals surface area contributed by atoms with Gasteiger partial charge in [-0.05, 0) is 24.6 Å². The maximum atomic E-state index is 11.9. The fourth-order valence-corrected chi connectivity index (χ4v) is 1.51. The van der Waals surface area contributed by atoms with E-state index in [-0.39, 0.29) is 11.9 Å². The van der Waals surface area contributed by atoms with Gasteiger partial charge in [-0.25, -0.2) is 0 Å². The Balaban J connectivity index is 2.76. The predicted molar refractivity (Wildman–Crippen MR) is 70.9 cm³/mol. The van der Waals surface area contributed by atoms with Crippen molar-refractivity contribution in [3.8, 4) is 12.3 Å². The molecule has 0 bridgehead atoms. The molecule has 90 valence electrons. The van der Waals surface area contributed by atoms with Crippen LogP contribution in [0.2, 0.25) is 5.02 Å². The molecule has 1 amide bonds. The van der Waals surface area contributed by atoms with Gasteiger partial charge in [0.25, 0.3) is 5.91 Å². The van der Waals surface area contributed by atoms with Crippen LogP contribution >= 0.6 is 11.6 Å². The van der Waals surface area contributed by atoms with Gasteiger partial charge in [-0.15, -0.1) is 12.3 Å². The van der Waals surface area contributed by atoms with Crippen LogP contribution in [0, 0.1) is 12.3 Å². The van der Waals surface area contributed by atoms with Gasteiger partial charge in [0.1, 0.15) is 0 Å². The number of hydrogen-bond acceptors (Lipinski definition) is 2. The lowest BCUT2D eigenvalue weighted by atomic mass is 10.1. The molecule has 1 unspecified atom stereocenters. The summed E-state index contributed by atoms with van der Waals surface area (Å²) >= 11 is 5.78. The second-order valence-corrected chi connectivity index (χ2v) is 4.13. The van der Waals surface area contributed by atoms with Gasteiger partial charge in [0.2, 0.25) is 0 Å². The second-order valence-electron chi connectivity index (χ2n) is 3.72. The molecule has 4 heteroatoms. The highest BCUT2D eigenvalue weighted by molar-refractivity contribution is 6.33. The zero-order valence-electron chi connectivity index (χ0n) is 9.66. The third-order valence-electron chi connectivity index (χ3n) is 2.45. The molecule has 3 N–H and O–H groups in total. The largest absolute Gasteiger partial charge is 0.398 e. The lowest BCUT2D eigenvalue weighted by molar-refractivity contribution is 0.0937. The van der Waals surface area contributed by atoms with Gasteiger partial charge in [-0.1, -0.05) is 18.5 Å². The molecule has 1 rings (SSSR count). The van der Waals surface area contributed by atoms with Crippen LogP contribution < -0.4 is 11.1 Å². The highest BCUT2D eigenvalue weighted by Crippen LogP contribution is 2.19. The van der Waals surface area contributed by atoms with Crippen molar-refractivity contribution < 1.29 is 4.79 Å². The molecular weight excluding hydrogens is 236 g/mol. The number of terminal acetylenes is 1. The van der Waals surface area contributed by atoms with Crippen LogP contribution in [-0.4, -0.2) is 11.9 Å². The first-order valence-electron chi connectivity index (χ1n) is 5.37. The molecule has 0 aliphatic carbocycles. The Labute approximate surface area is 106 Å². The SMILES string of the molecule is C#CCC(CC)NC(=O)c1ccc(Cl)c(N)c1. The Hall–Kier alpha value is -1.66. The van der Waals surface area contributed by atoms with Gasteiger partial charge < -0.3 is 11.1 Å². The second kappa shape index (κ2) is 6.17. The minimum absolute atomic E-state index is 0.00981. The summed E-state index contributed by atoms with van der Waals surface area (Å²) in [5.41, 5.74) is 6.52. The quantitative estimate of drug-likeness (QED) is 0.637. The maximum Gasteiger partial charge on any atom is 0.251 e. The number of halogens is 1. The van der Waals surface area contributed by atoms with Crippen molar-refractivity contribution in [3.63, 3.8) is 0 Å². The molecule has 1 aromatic carbocycles. The Morgan fingerprint density at radius 2 is 2.35 bits per heavy atom. The Morgan fingerprint density at radius 1 is 1.65 bits per heavy atom. The van der Waals surface area contributed by atoms with E-state index in [1.54, 1.807) is 18.2 Å². The summed E-state index contributed by atoms with van der Waals surface area (Å²) in [5, 5.41) is 3.29. The fraction of sp³-hybridized carbons (Fsp3) is 0.308. The van der Waals surface area contributed by atoms with E-state index >= 15 is 0 Å². The molecule has 0 heterocycles. The standard InChI is InChI=1S/C13H15ClN2O/c1-3-5-10(4-2)16-13(17)9-6-7-11(14)12(15)8-9/h1,6-8,10H,4-5,15H2,2H3,(H,16,17). The number of nitrogen functional groups attached to an aromatic ring is 1. The van der Waals surface area contributed by atoms with Crippen molar-refractivity contribution in [1.82, 2.24) is 5.32 Å². The summed E-state index contributed by atoms with van der Waals surface area (Å²) in [6.07, 6.45) is 6.53. The van der Waals surface area contributed by atoms with Crippen molar-refractivity contribution >= 4 is 23.2 Å². The van der Waals surface area contributed by atoms with Crippen LogP contribution in [0.5, 0.6) is 0 Å². The number of carbonyl (C=O) groups is 1. The Morgan fingerprint density at radius 3 is 2.88 bits per heavy atom. The molecule has 0 radical (unpaired) electrons. The molecule has 0 spiro atoms. The lowest BCUT2D eigenvalue weighted by Crippen LogP contribution is -2.34. The first-order chi connectivity index (χ1) is 8.08. The summed E-state index contributed by atoms with van der Waals surface area (Å²) in [6.45, 7) is 1.97. The van der Waals surface area contributed by atoms with E-state index in [2.05, 4.69) is 11.2 Å². The highest BCUT2D eigenvalue weighted by Gasteiger charge is 2.12. The van der Waals surface area contributed by atoms with Crippen LogP contribution in [0.15, 0.2) is 18.2 Å². The van der Waals surface area contributed by atoms with Crippen molar-refractivity contribution in [2.45, 2.75) is 25.8 Å². The van der Waals surface area contributed by atoms with Crippen LogP contribution in [0.25, 0.3) is 0 Å². The number of rotatable bonds is 4. The van der Waals surface area contributed by atoms with Gasteiger partial charge in [-0.3, -0.25) is 4.79 Å². The highest BCUT2D eigenvalue weighted by atomic mass is 35.5. The lowest BCUT2D eigenvalue weighted by Gasteiger charge is -2.14. The zero-order chi connectivity index (χ0) is 12.8. The summed E-state index contributed by atoms with van der Waals surface area (Å²) in [7, 11) is 0. The van der Waals surface area contributed by atoms with Crippen molar-refractivity contribution in [2.24, 2.45) is 0 Å². The molecule has 0 aliphatic rings. The molecule has 3 nitrogen and oxygen atoms in total. The monoisotopic (exact) mass is 250 g/mol. The third kappa shape index (κ3) is 3.69. The van der Waals surface area contributed by atoms with Gasteiger partial charge in [0, 0.05) is 18.0 Å². The van der Waals surface area contributed by atoms with E-state index in [1.165, 1.54) is 0 Å². The normalized spacial score (nSPS) is 11.6. The molecule has 0 fully saturated rings. The van der Waals surface area contributed by atoms with E-state index in [0.717, 1.165) is 6.42 Å². The average Bonchev–Trinajstić information content (AvgIpc) is 2.31. The Bertz CT molecular complexity index is 451. The summed E-state index contributed by atoms with van der Waals surface area (Å²) in [6, 6.07) is 4.79. The fourth-order valence-electron chi connectivity index (χ4n) is 1.39. The molecule has 0 saturated heterocycles. The minimum Gasteiger partial charge on any atom is -0.398 e. The summed E-state index contributed by atoms with van der Waals surface area (Å²) in [5.74, 6) is 2.35. The van der Waals surface area contributed by atoms with Crippen molar-refractivity contribution in [2.75, 3.05) is 5.73 Å². The van der Waals surface area contributed by atoms with E-state index in [4.69, 9.17) is 23.8 Å². The molecule has 17 heavy (non-hydrogen) atoms. The molecule has 1 atom stereocenters. The van der Waals surface area contributed by atoms with Gasteiger partial charge in [-0.2, -0.15) is 0 Å². The zero-order valence-corrected chi connectivity index (χ0v) is 10.4. The number of hydrogen-bond donors (Lipinski definition) is 2. The first-order valence-corrected chi connectivity index (χ1v) is 5.75. The first kappa shape index (κ1) is 13.4. The van der Waals surface area contributed by atoms with E-state index < -0.39 is 0 Å². The molecule has 1 aromatic rings. The smallest absolute Gasteiger partial charge is 0.251 e. The molecular formula is C13H15ClN2O. The topological polar surface area (TPSA) is 55.1 Å². The predicted octanol–water partition coefficient (Wildman–Crippen LogP) is 2.45. The number of anilines is 1. The summed E-state index contributed by atoms with van der Waals surface area (Å²) in [4.78, 5) is 11.9. The minimum atomic E-state index is -0.185. The molecule has 0 aliphatic heterocycles. The van der Waals surface area contributed by atoms with Crippen LogP contribution in [0.1, 0.15) is 30.1 Å². The van der Waals surface area contributed by atoms with Crippen LogP contribution in [-0.2, 0) is 0 Å². The van der Waals surface area contributed by atoms with Gasteiger partial charge in [0.15, 0.2) is 0 Å². The van der Waals surface area contributed by atoms with Crippen molar-refractivity contribution in [1.29, 1.82) is 0 Å².